The molecule has 0 aromatic carbocycles. The van der Waals surface area contributed by atoms with E-state index in [4.69, 9.17) is 0 Å². The van der Waals surface area contributed by atoms with Crippen LogP contribution in [0.5, 0.6) is 0 Å². The lowest BCUT2D eigenvalue weighted by Crippen LogP contribution is -2.35. The fourth-order valence-corrected chi connectivity index (χ4v) is 3.94. The Morgan fingerprint density at radius 2 is 0.939 bits per heavy atom. The van der Waals surface area contributed by atoms with Gasteiger partial charge < -0.3 is 14.7 Å². The third-order valence-corrected chi connectivity index (χ3v) is 6.46. The molecule has 33 heavy (non-hydrogen) atoms. The van der Waals surface area contributed by atoms with Gasteiger partial charge in [0.05, 0.1) is 6.67 Å². The number of amides is 2. The predicted octanol–water partition coefficient (Wildman–Crippen LogP) is 6.98. The van der Waals surface area contributed by atoms with Crippen LogP contribution in [0.15, 0.2) is 12.3 Å². The van der Waals surface area contributed by atoms with E-state index < -0.39 is 0 Å². The number of carbonyl (C=O) groups excluding carboxylic acids is 2. The lowest BCUT2D eigenvalue weighted by atomic mass is 10.0. The molecule has 0 aliphatic carbocycles. The minimum atomic E-state index is 0.121. The molecule has 2 amide bonds. The fourth-order valence-electron chi connectivity index (χ4n) is 3.94. The number of rotatable bonds is 22. The van der Waals surface area contributed by atoms with Crippen molar-refractivity contribution in [3.63, 3.8) is 0 Å². The molecule has 0 heterocycles. The van der Waals surface area contributed by atoms with Crippen molar-refractivity contribution in [2.24, 2.45) is 0 Å². The number of nitrogens with zero attached hydrogens (tertiary/aromatic N) is 3. The minimum absolute atomic E-state index is 0.121. The van der Waals surface area contributed by atoms with Crippen LogP contribution in [0.4, 0.5) is 0 Å². The van der Waals surface area contributed by atoms with Crippen molar-refractivity contribution in [3.8, 4) is 0 Å². The van der Waals surface area contributed by atoms with Crippen LogP contribution >= 0.6 is 0 Å². The summed E-state index contributed by atoms with van der Waals surface area (Å²) >= 11 is 0. The number of carbonyl (C=O) groups is 2. The van der Waals surface area contributed by atoms with E-state index in [1.54, 1.807) is 18.7 Å². The molecule has 0 aliphatic rings. The highest BCUT2D eigenvalue weighted by molar-refractivity contribution is 5.73. The number of unbranched alkanes of at least 4 members (excludes halogenated alkanes) is 14. The van der Waals surface area contributed by atoms with Gasteiger partial charge in [0, 0.05) is 41.0 Å². The second-order valence-electron chi connectivity index (χ2n) is 9.71. The minimum Gasteiger partial charge on any atom is -0.360 e. The van der Waals surface area contributed by atoms with Gasteiger partial charge in [0.15, 0.2) is 0 Å². The van der Waals surface area contributed by atoms with E-state index in [0.717, 1.165) is 25.9 Å². The molecule has 5 nitrogen and oxygen atoms in total. The summed E-state index contributed by atoms with van der Waals surface area (Å²) in [7, 11) is 3.76. The lowest BCUT2D eigenvalue weighted by Gasteiger charge is -2.26. The van der Waals surface area contributed by atoms with Gasteiger partial charge in [0.2, 0.25) is 11.8 Å². The van der Waals surface area contributed by atoms with Crippen LogP contribution in [-0.4, -0.2) is 60.4 Å². The van der Waals surface area contributed by atoms with Gasteiger partial charge in [-0.2, -0.15) is 0 Å². The molecule has 0 spiro atoms. The molecule has 0 aromatic rings. The van der Waals surface area contributed by atoms with Gasteiger partial charge in [-0.3, -0.25) is 9.59 Å². The molecule has 5 heteroatoms. The zero-order valence-corrected chi connectivity index (χ0v) is 22.7. The summed E-state index contributed by atoms with van der Waals surface area (Å²) in [6, 6.07) is 0. The summed E-state index contributed by atoms with van der Waals surface area (Å²) in [6.45, 7) is 8.03. The molecule has 0 atom stereocenters. The van der Waals surface area contributed by atoms with Crippen molar-refractivity contribution in [2.75, 3.05) is 33.9 Å². The summed E-state index contributed by atoms with van der Waals surface area (Å²) in [6.07, 6.45) is 25.3. The van der Waals surface area contributed by atoms with Gasteiger partial charge in [-0.25, -0.2) is 0 Å². The first-order valence-corrected chi connectivity index (χ1v) is 13.7. The summed E-state index contributed by atoms with van der Waals surface area (Å²) in [5.41, 5.74) is 0. The predicted molar refractivity (Wildman–Crippen MR) is 142 cm³/mol. The first-order valence-electron chi connectivity index (χ1n) is 13.7. The SMILES string of the molecule is CCC=CN(CCCCCCCCCCCCCCCCCN(C)C(C)=O)CN(C)C(C)=O. The van der Waals surface area contributed by atoms with Crippen LogP contribution in [0.3, 0.4) is 0 Å². The first kappa shape index (κ1) is 31.5. The van der Waals surface area contributed by atoms with Crippen molar-refractivity contribution < 1.29 is 9.59 Å². The van der Waals surface area contributed by atoms with Gasteiger partial charge >= 0.3 is 0 Å². The quantitative estimate of drug-likeness (QED) is 0.128. The summed E-state index contributed by atoms with van der Waals surface area (Å²) < 4.78 is 0. The summed E-state index contributed by atoms with van der Waals surface area (Å²) in [5, 5.41) is 0. The van der Waals surface area contributed by atoms with E-state index >= 15 is 0 Å². The van der Waals surface area contributed by atoms with Crippen molar-refractivity contribution in [2.45, 2.75) is 124 Å². The van der Waals surface area contributed by atoms with Crippen LogP contribution in [-0.2, 0) is 9.59 Å². The van der Waals surface area contributed by atoms with Crippen molar-refractivity contribution in [1.82, 2.24) is 14.7 Å². The molecule has 0 bridgehead atoms. The normalized spacial score (nSPS) is 11.2. The molecule has 0 saturated heterocycles. The van der Waals surface area contributed by atoms with Crippen LogP contribution < -0.4 is 0 Å². The maximum Gasteiger partial charge on any atom is 0.220 e. The van der Waals surface area contributed by atoms with Crippen molar-refractivity contribution in [1.29, 1.82) is 0 Å². The highest BCUT2D eigenvalue weighted by atomic mass is 16.2. The monoisotopic (exact) mass is 465 g/mol. The Balaban J connectivity index is 3.45. The highest BCUT2D eigenvalue weighted by Gasteiger charge is 2.06. The molecule has 0 fully saturated rings. The van der Waals surface area contributed by atoms with E-state index in [-0.39, 0.29) is 11.8 Å². The zero-order valence-electron chi connectivity index (χ0n) is 22.7. The number of allylic oxidation sites excluding steroid dienone is 1. The van der Waals surface area contributed by atoms with E-state index in [1.807, 2.05) is 19.0 Å². The first-order chi connectivity index (χ1) is 15.9. The van der Waals surface area contributed by atoms with E-state index in [2.05, 4.69) is 24.1 Å². The van der Waals surface area contributed by atoms with Crippen LogP contribution in [0.25, 0.3) is 0 Å². The molecular weight excluding hydrogens is 410 g/mol. The van der Waals surface area contributed by atoms with Gasteiger partial charge in [-0.05, 0) is 25.5 Å². The molecule has 0 unspecified atom stereocenters. The largest absolute Gasteiger partial charge is 0.360 e. The van der Waals surface area contributed by atoms with Gasteiger partial charge in [-0.1, -0.05) is 96.5 Å². The Hall–Kier alpha value is -1.52. The summed E-state index contributed by atoms with van der Waals surface area (Å²) in [4.78, 5) is 28.5. The van der Waals surface area contributed by atoms with Crippen LogP contribution in [0, 0.1) is 0 Å². The van der Waals surface area contributed by atoms with Crippen LogP contribution in [0.2, 0.25) is 0 Å². The fraction of sp³-hybridized carbons (Fsp3) is 0.857. The van der Waals surface area contributed by atoms with E-state index in [1.165, 1.54) is 89.9 Å². The Morgan fingerprint density at radius 1 is 0.576 bits per heavy atom. The second-order valence-corrected chi connectivity index (χ2v) is 9.71. The summed E-state index contributed by atoms with van der Waals surface area (Å²) in [5.74, 6) is 0.294. The molecular formula is C28H55N3O2. The van der Waals surface area contributed by atoms with Gasteiger partial charge in [0.25, 0.3) is 0 Å². The van der Waals surface area contributed by atoms with E-state index in [9.17, 15) is 9.59 Å². The molecule has 0 aromatic heterocycles. The average Bonchev–Trinajstić information content (AvgIpc) is 2.78. The lowest BCUT2D eigenvalue weighted by molar-refractivity contribution is -0.129. The van der Waals surface area contributed by atoms with Gasteiger partial charge in [-0.15, -0.1) is 0 Å². The van der Waals surface area contributed by atoms with Gasteiger partial charge in [0.1, 0.15) is 0 Å². The molecule has 0 radical (unpaired) electrons. The van der Waals surface area contributed by atoms with E-state index in [0.29, 0.717) is 6.67 Å². The van der Waals surface area contributed by atoms with Crippen LogP contribution in [0.1, 0.15) is 124 Å². The topological polar surface area (TPSA) is 43.9 Å². The third-order valence-electron chi connectivity index (χ3n) is 6.46. The average molecular weight is 466 g/mol. The van der Waals surface area contributed by atoms with Crippen molar-refractivity contribution >= 4 is 11.8 Å². The Bertz CT molecular complexity index is 507. The molecule has 0 aliphatic heterocycles. The maximum absolute atomic E-state index is 11.5. The standard InChI is InChI=1S/C28H55N3O2/c1-6-7-24-31(26-30(5)28(3)33)25-22-20-18-16-14-12-10-8-9-11-13-15-17-19-21-23-29(4)27(2)32/h7,24H,6,8-23,25-26H2,1-5H3. The highest BCUT2D eigenvalue weighted by Crippen LogP contribution is 2.14. The Kier molecular flexibility index (Phi) is 21.3. The third kappa shape index (κ3) is 20.8. The number of hydrogen-bond donors (Lipinski definition) is 0. The van der Waals surface area contributed by atoms with Crippen molar-refractivity contribution in [3.05, 3.63) is 12.3 Å². The Labute approximate surface area is 206 Å². The second kappa shape index (κ2) is 22.3. The molecule has 0 N–H and O–H groups in total. The maximum atomic E-state index is 11.5. The molecule has 0 saturated carbocycles. The zero-order chi connectivity index (χ0) is 24.7. The number of hydrogen-bond acceptors (Lipinski definition) is 3. The smallest absolute Gasteiger partial charge is 0.220 e. The Morgan fingerprint density at radius 3 is 1.30 bits per heavy atom. The molecule has 0 rings (SSSR count). The molecule has 194 valence electrons.